The van der Waals surface area contributed by atoms with Crippen LogP contribution in [0.5, 0.6) is 0 Å². The average molecular weight is 270 g/mol. The van der Waals surface area contributed by atoms with Gasteiger partial charge in [-0.15, -0.1) is 0 Å². The number of nitrogens with one attached hydrogen (secondary N) is 1. The first kappa shape index (κ1) is 15.2. The molecule has 1 saturated heterocycles. The molecule has 112 valence electrons. The van der Waals surface area contributed by atoms with E-state index in [9.17, 15) is 10.2 Å². The summed E-state index contributed by atoms with van der Waals surface area (Å²) in [7, 11) is 0. The predicted molar refractivity (Wildman–Crippen MR) is 77.1 cm³/mol. The maximum absolute atomic E-state index is 9.69. The smallest absolute Gasteiger partial charge is 0.0938 e. The average Bonchev–Trinajstić information content (AvgIpc) is 2.69. The van der Waals surface area contributed by atoms with Crippen molar-refractivity contribution in [3.8, 4) is 0 Å². The molecule has 1 aliphatic heterocycles. The molecule has 2 rings (SSSR count). The van der Waals surface area contributed by atoms with Crippen LogP contribution < -0.4 is 5.32 Å². The first-order valence-corrected chi connectivity index (χ1v) is 7.94. The van der Waals surface area contributed by atoms with Gasteiger partial charge in [0, 0.05) is 26.2 Å². The molecule has 0 aromatic rings. The van der Waals surface area contributed by atoms with E-state index in [0.717, 1.165) is 19.6 Å². The minimum atomic E-state index is -0.552. The molecule has 0 amide bonds. The molecule has 4 heteroatoms. The van der Waals surface area contributed by atoms with Crippen molar-refractivity contribution in [2.24, 2.45) is 5.41 Å². The van der Waals surface area contributed by atoms with Gasteiger partial charge in [0.05, 0.1) is 12.2 Å². The molecular formula is C15H30N2O2. The quantitative estimate of drug-likeness (QED) is 0.630. The normalized spacial score (nSPS) is 31.7. The van der Waals surface area contributed by atoms with Gasteiger partial charge in [-0.1, -0.05) is 26.2 Å². The summed E-state index contributed by atoms with van der Waals surface area (Å²) in [4.78, 5) is 2.26. The van der Waals surface area contributed by atoms with Crippen molar-refractivity contribution in [2.45, 2.75) is 57.7 Å². The fraction of sp³-hybridized carbons (Fsp3) is 1.00. The minimum absolute atomic E-state index is 0.358. The molecule has 0 spiro atoms. The molecule has 2 fully saturated rings. The Hall–Kier alpha value is -0.160. The van der Waals surface area contributed by atoms with Crippen molar-refractivity contribution < 1.29 is 10.2 Å². The molecule has 2 atom stereocenters. The maximum atomic E-state index is 9.69. The second kappa shape index (κ2) is 7.02. The van der Waals surface area contributed by atoms with Gasteiger partial charge in [-0.25, -0.2) is 0 Å². The van der Waals surface area contributed by atoms with E-state index < -0.39 is 12.2 Å². The van der Waals surface area contributed by atoms with E-state index >= 15 is 0 Å². The van der Waals surface area contributed by atoms with Crippen molar-refractivity contribution in [3.05, 3.63) is 0 Å². The van der Waals surface area contributed by atoms with Gasteiger partial charge in [0.1, 0.15) is 0 Å². The monoisotopic (exact) mass is 270 g/mol. The first-order valence-electron chi connectivity index (χ1n) is 7.94. The first-order chi connectivity index (χ1) is 9.15. The van der Waals surface area contributed by atoms with Crippen molar-refractivity contribution in [3.63, 3.8) is 0 Å². The molecule has 0 aromatic carbocycles. The third-order valence-corrected chi connectivity index (χ3v) is 4.73. The molecule has 0 bridgehead atoms. The highest BCUT2D eigenvalue weighted by atomic mass is 16.3. The Morgan fingerprint density at radius 1 is 1.11 bits per heavy atom. The Balaban J connectivity index is 1.89. The van der Waals surface area contributed by atoms with Gasteiger partial charge >= 0.3 is 0 Å². The molecule has 2 aliphatic rings. The SMILES string of the molecule is CCCNCC1(CN2CC(O)C(O)C2)CCCCC1. The Kier molecular flexibility index (Phi) is 5.63. The van der Waals surface area contributed by atoms with Crippen molar-refractivity contribution in [1.82, 2.24) is 10.2 Å². The molecule has 19 heavy (non-hydrogen) atoms. The van der Waals surface area contributed by atoms with E-state index in [1.807, 2.05) is 0 Å². The number of aliphatic hydroxyl groups is 2. The van der Waals surface area contributed by atoms with Crippen LogP contribution in [0, 0.1) is 5.41 Å². The van der Waals surface area contributed by atoms with Crippen LogP contribution in [-0.4, -0.2) is 60.0 Å². The number of nitrogens with zero attached hydrogens (tertiary/aromatic N) is 1. The van der Waals surface area contributed by atoms with Crippen LogP contribution in [0.1, 0.15) is 45.4 Å². The summed E-state index contributed by atoms with van der Waals surface area (Å²) < 4.78 is 0. The van der Waals surface area contributed by atoms with Crippen LogP contribution in [0.15, 0.2) is 0 Å². The Morgan fingerprint density at radius 2 is 1.74 bits per heavy atom. The number of hydrogen-bond acceptors (Lipinski definition) is 4. The standard InChI is InChI=1S/C15H30N2O2/c1-2-8-16-11-15(6-4-3-5-7-15)12-17-9-13(18)14(19)10-17/h13-14,16,18-19H,2-12H2,1H3. The number of aliphatic hydroxyl groups excluding tert-OH is 2. The van der Waals surface area contributed by atoms with E-state index in [0.29, 0.717) is 18.5 Å². The second-order valence-electron chi connectivity index (χ2n) is 6.57. The van der Waals surface area contributed by atoms with Crippen molar-refractivity contribution in [2.75, 3.05) is 32.7 Å². The van der Waals surface area contributed by atoms with Gasteiger partial charge in [0.2, 0.25) is 0 Å². The van der Waals surface area contributed by atoms with Gasteiger partial charge in [-0.05, 0) is 31.2 Å². The Morgan fingerprint density at radius 3 is 2.32 bits per heavy atom. The lowest BCUT2D eigenvalue weighted by Crippen LogP contribution is -2.45. The lowest BCUT2D eigenvalue weighted by molar-refractivity contribution is 0.0572. The molecule has 1 heterocycles. The number of rotatable bonds is 6. The molecule has 4 nitrogen and oxygen atoms in total. The topological polar surface area (TPSA) is 55.7 Å². The van der Waals surface area contributed by atoms with Gasteiger partial charge in [0.25, 0.3) is 0 Å². The van der Waals surface area contributed by atoms with Crippen LogP contribution >= 0.6 is 0 Å². The zero-order chi connectivity index (χ0) is 13.7. The summed E-state index contributed by atoms with van der Waals surface area (Å²) in [5.74, 6) is 0. The van der Waals surface area contributed by atoms with Gasteiger partial charge in [-0.3, -0.25) is 4.90 Å². The largest absolute Gasteiger partial charge is 0.389 e. The molecular weight excluding hydrogens is 240 g/mol. The molecule has 0 radical (unpaired) electrons. The summed E-state index contributed by atoms with van der Waals surface area (Å²) in [6.45, 7) is 6.68. The molecule has 0 aromatic heterocycles. The summed E-state index contributed by atoms with van der Waals surface area (Å²) in [5.41, 5.74) is 0.358. The third-order valence-electron chi connectivity index (χ3n) is 4.73. The highest BCUT2D eigenvalue weighted by Crippen LogP contribution is 2.37. The summed E-state index contributed by atoms with van der Waals surface area (Å²) in [6.07, 6.45) is 6.66. The van der Waals surface area contributed by atoms with Gasteiger partial charge in [-0.2, -0.15) is 0 Å². The number of hydrogen-bond donors (Lipinski definition) is 3. The van der Waals surface area contributed by atoms with E-state index in [-0.39, 0.29) is 0 Å². The minimum Gasteiger partial charge on any atom is -0.389 e. The lowest BCUT2D eigenvalue weighted by Gasteiger charge is -2.40. The zero-order valence-electron chi connectivity index (χ0n) is 12.3. The lowest BCUT2D eigenvalue weighted by atomic mass is 9.73. The fourth-order valence-corrected chi connectivity index (χ4v) is 3.67. The van der Waals surface area contributed by atoms with E-state index in [4.69, 9.17) is 0 Å². The molecule has 1 aliphatic carbocycles. The second-order valence-corrected chi connectivity index (χ2v) is 6.57. The summed E-state index contributed by atoms with van der Waals surface area (Å²) >= 11 is 0. The highest BCUT2D eigenvalue weighted by Gasteiger charge is 2.37. The predicted octanol–water partition coefficient (Wildman–Crippen LogP) is 0.974. The van der Waals surface area contributed by atoms with Gasteiger partial charge in [0.15, 0.2) is 0 Å². The van der Waals surface area contributed by atoms with Crippen molar-refractivity contribution >= 4 is 0 Å². The van der Waals surface area contributed by atoms with Crippen LogP contribution in [0.4, 0.5) is 0 Å². The Bertz CT molecular complexity index is 257. The van der Waals surface area contributed by atoms with E-state index in [1.54, 1.807) is 0 Å². The maximum Gasteiger partial charge on any atom is 0.0938 e. The fourth-order valence-electron chi connectivity index (χ4n) is 3.67. The zero-order valence-corrected chi connectivity index (χ0v) is 12.3. The number of likely N-dealkylation sites (tertiary alicyclic amines) is 1. The summed E-state index contributed by atoms with van der Waals surface area (Å²) in [5, 5.41) is 23.0. The molecule has 2 unspecified atom stereocenters. The Labute approximate surface area is 117 Å². The van der Waals surface area contributed by atoms with Crippen LogP contribution in [0.3, 0.4) is 0 Å². The van der Waals surface area contributed by atoms with Crippen LogP contribution in [0.2, 0.25) is 0 Å². The summed E-state index contributed by atoms with van der Waals surface area (Å²) in [6, 6.07) is 0. The van der Waals surface area contributed by atoms with Crippen LogP contribution in [-0.2, 0) is 0 Å². The number of β-amino-alcohol motifs (C(OH)–C–C–N with tert-alkyl or cyclic N) is 2. The van der Waals surface area contributed by atoms with E-state index in [2.05, 4.69) is 17.1 Å². The van der Waals surface area contributed by atoms with Crippen LogP contribution in [0.25, 0.3) is 0 Å². The van der Waals surface area contributed by atoms with E-state index in [1.165, 1.54) is 38.5 Å². The molecule has 1 saturated carbocycles. The van der Waals surface area contributed by atoms with Gasteiger partial charge < -0.3 is 15.5 Å². The van der Waals surface area contributed by atoms with Crippen molar-refractivity contribution in [1.29, 1.82) is 0 Å². The third kappa shape index (κ3) is 4.15. The molecule has 3 N–H and O–H groups in total. The highest BCUT2D eigenvalue weighted by molar-refractivity contribution is 4.92.